The van der Waals surface area contributed by atoms with Gasteiger partial charge in [0.05, 0.1) is 22.3 Å². The van der Waals surface area contributed by atoms with E-state index in [0.29, 0.717) is 17.5 Å². The smallest absolute Gasteiger partial charge is 0.123 e. The molecule has 18 heavy (non-hydrogen) atoms. The van der Waals surface area contributed by atoms with Gasteiger partial charge in [0.15, 0.2) is 0 Å². The predicted octanol–water partition coefficient (Wildman–Crippen LogP) is 2.92. The van der Waals surface area contributed by atoms with Gasteiger partial charge in [-0.05, 0) is 36.1 Å². The first-order chi connectivity index (χ1) is 10.2. The molecule has 0 saturated heterocycles. The second kappa shape index (κ2) is 6.86. The number of hydrogen-bond donors (Lipinski definition) is 1. The Morgan fingerprint density at radius 1 is 1.17 bits per heavy atom. The summed E-state index contributed by atoms with van der Waals surface area (Å²) in [7, 11) is -5.21. The molecule has 0 heterocycles. The van der Waals surface area contributed by atoms with E-state index in [2.05, 4.69) is 0 Å². The molecule has 0 unspecified atom stereocenters. The lowest BCUT2D eigenvalue weighted by Gasteiger charge is -2.24. The molecule has 0 fully saturated rings. The molecule has 0 radical (unpaired) electrons. The molecule has 1 rings (SSSR count). The van der Waals surface area contributed by atoms with Crippen LogP contribution < -0.4 is 15.2 Å². The normalized spacial score (nSPS) is 17.1. The van der Waals surface area contributed by atoms with Crippen LogP contribution in [0.5, 0.6) is 11.5 Å². The molecule has 1 aromatic rings. The molecule has 4 heteroatoms. The molecule has 2 N–H and O–H groups in total. The zero-order valence-corrected chi connectivity index (χ0v) is 11.7. The fourth-order valence-corrected chi connectivity index (χ4v) is 1.72. The van der Waals surface area contributed by atoms with Gasteiger partial charge in [0, 0.05) is 5.56 Å². The van der Waals surface area contributed by atoms with E-state index in [4.69, 9.17) is 23.4 Å². The second-order valence-electron chi connectivity index (χ2n) is 4.95. The fourth-order valence-electron chi connectivity index (χ4n) is 1.72. The summed E-state index contributed by atoms with van der Waals surface area (Å²) in [6.07, 6.45) is 0.340. The second-order valence-corrected chi connectivity index (χ2v) is 4.95. The number of hydrogen-bond acceptors (Lipinski definition) is 3. The molecule has 0 aliphatic carbocycles. The van der Waals surface area contributed by atoms with Crippen molar-refractivity contribution in [2.45, 2.75) is 32.6 Å². The first kappa shape index (κ1) is 9.05. The van der Waals surface area contributed by atoms with Crippen LogP contribution >= 0.6 is 12.4 Å². The molecule has 1 aromatic carbocycles. The first-order valence-corrected chi connectivity index (χ1v) is 5.48. The molecule has 0 spiro atoms. The van der Waals surface area contributed by atoms with Crippen LogP contribution in [0.15, 0.2) is 12.1 Å². The summed E-state index contributed by atoms with van der Waals surface area (Å²) >= 11 is 0. The molecule has 0 aliphatic rings. The number of halogens is 1. The lowest BCUT2D eigenvalue weighted by molar-refractivity contribution is 0.385. The number of ether oxygens (including phenoxy) is 2. The molecule has 0 atom stereocenters. The van der Waals surface area contributed by atoms with Gasteiger partial charge >= 0.3 is 0 Å². The Labute approximate surface area is 125 Å². The van der Waals surface area contributed by atoms with Crippen molar-refractivity contribution in [1.29, 1.82) is 0 Å². The average molecular weight is 280 g/mol. The summed E-state index contributed by atoms with van der Waals surface area (Å²) in [5.74, 6) is 0.345. The van der Waals surface area contributed by atoms with Crippen molar-refractivity contribution in [3.05, 3.63) is 23.3 Å². The quantitative estimate of drug-likeness (QED) is 0.922. The molecule has 0 aliphatic heterocycles. The van der Waals surface area contributed by atoms with Gasteiger partial charge in [-0.25, -0.2) is 0 Å². The van der Waals surface area contributed by atoms with Gasteiger partial charge in [0.2, 0.25) is 0 Å². The van der Waals surface area contributed by atoms with Crippen molar-refractivity contribution in [2.75, 3.05) is 20.6 Å². The third-order valence-corrected chi connectivity index (χ3v) is 2.60. The molecule has 0 bridgehead atoms. The monoisotopic (exact) mass is 279 g/mol. The fraction of sp³-hybridized carbons (Fsp3) is 0.571. The third-order valence-electron chi connectivity index (χ3n) is 2.60. The Morgan fingerprint density at radius 2 is 1.78 bits per heavy atom. The third kappa shape index (κ3) is 3.79. The minimum atomic E-state index is -2.61. The summed E-state index contributed by atoms with van der Waals surface area (Å²) in [6, 6.07) is 3.03. The van der Waals surface area contributed by atoms with Crippen LogP contribution in [-0.2, 0) is 11.8 Å². The Kier molecular flexibility index (Phi) is 3.45. The van der Waals surface area contributed by atoms with Crippen molar-refractivity contribution in [3.8, 4) is 11.5 Å². The Morgan fingerprint density at radius 3 is 2.28 bits per heavy atom. The van der Waals surface area contributed by atoms with Gasteiger partial charge in [0.25, 0.3) is 0 Å². The first-order valence-electron chi connectivity index (χ1n) is 8.48. The summed E-state index contributed by atoms with van der Waals surface area (Å²) in [4.78, 5) is 0. The van der Waals surface area contributed by atoms with Gasteiger partial charge < -0.3 is 15.2 Å². The summed E-state index contributed by atoms with van der Waals surface area (Å²) < 4.78 is 53.9. The lowest BCUT2D eigenvalue weighted by Crippen LogP contribution is -2.14. The summed E-state index contributed by atoms with van der Waals surface area (Å²) in [5, 5.41) is 0. The van der Waals surface area contributed by atoms with Crippen molar-refractivity contribution < 1.29 is 17.7 Å². The van der Waals surface area contributed by atoms with Gasteiger partial charge in [-0.1, -0.05) is 20.8 Å². The number of benzene rings is 1. The van der Waals surface area contributed by atoms with Crippen LogP contribution in [0.2, 0.25) is 0 Å². The van der Waals surface area contributed by atoms with E-state index in [1.165, 1.54) is 12.1 Å². The predicted molar refractivity (Wildman–Crippen MR) is 78.3 cm³/mol. The highest BCUT2D eigenvalue weighted by Gasteiger charge is 2.21. The Balaban J connectivity index is 0.00000529. The van der Waals surface area contributed by atoms with Crippen molar-refractivity contribution in [2.24, 2.45) is 5.73 Å². The standard InChI is InChI=1S/C14H23NO2.ClH/c1-14(2,3)11-9-12(16-4)10(6-7-15)8-13(11)17-5;/h8-9H,6-7,15H2,1-5H3;1H/i4D3,5D3;. The van der Waals surface area contributed by atoms with E-state index < -0.39 is 19.5 Å². The molecule has 0 saturated carbocycles. The molecule has 0 amide bonds. The van der Waals surface area contributed by atoms with Gasteiger partial charge in [-0.2, -0.15) is 0 Å². The number of nitrogens with two attached hydrogens (primary N) is 1. The highest BCUT2D eigenvalue weighted by atomic mass is 35.5. The maximum atomic E-state index is 7.31. The summed E-state index contributed by atoms with van der Waals surface area (Å²) in [5.41, 5.74) is 6.13. The Bertz CT molecular complexity index is 552. The van der Waals surface area contributed by atoms with E-state index in [9.17, 15) is 0 Å². The van der Waals surface area contributed by atoms with E-state index in [1.807, 2.05) is 20.8 Å². The van der Waals surface area contributed by atoms with Crippen molar-refractivity contribution >= 4 is 12.4 Å². The minimum absolute atomic E-state index is 0. The van der Waals surface area contributed by atoms with E-state index in [1.54, 1.807) is 0 Å². The average Bonchev–Trinajstić information content (AvgIpc) is 2.27. The highest BCUT2D eigenvalue weighted by molar-refractivity contribution is 5.85. The maximum Gasteiger partial charge on any atom is 0.123 e. The molecule has 0 aromatic heterocycles. The molecular weight excluding hydrogens is 250 g/mol. The lowest BCUT2D eigenvalue weighted by atomic mass is 9.85. The highest BCUT2D eigenvalue weighted by Crippen LogP contribution is 2.36. The molecular formula is C14H24ClNO2. The molecule has 104 valence electrons. The van der Waals surface area contributed by atoms with Gasteiger partial charge in [-0.15, -0.1) is 12.4 Å². The number of rotatable bonds is 4. The van der Waals surface area contributed by atoms with E-state index in [-0.39, 0.29) is 30.5 Å². The van der Waals surface area contributed by atoms with Crippen LogP contribution in [0, 0.1) is 0 Å². The van der Waals surface area contributed by atoms with Gasteiger partial charge in [0.1, 0.15) is 11.5 Å². The maximum absolute atomic E-state index is 7.31. The topological polar surface area (TPSA) is 44.5 Å². The Hall–Kier alpha value is -0.930. The number of methoxy groups -OCH3 is 2. The van der Waals surface area contributed by atoms with Crippen LogP contribution in [0.3, 0.4) is 0 Å². The van der Waals surface area contributed by atoms with Crippen molar-refractivity contribution in [1.82, 2.24) is 0 Å². The van der Waals surface area contributed by atoms with Crippen LogP contribution in [-0.4, -0.2) is 20.6 Å². The zero-order valence-electron chi connectivity index (χ0n) is 16.9. The van der Waals surface area contributed by atoms with Gasteiger partial charge in [-0.3, -0.25) is 0 Å². The SMILES string of the molecule is Cl.[2H]C([2H])([2H])Oc1cc(C(C)(C)C)c(OC([2H])([2H])[2H])cc1CCN. The largest absolute Gasteiger partial charge is 0.496 e. The van der Waals surface area contributed by atoms with E-state index >= 15 is 0 Å². The summed E-state index contributed by atoms with van der Waals surface area (Å²) in [6.45, 7) is 5.88. The van der Waals surface area contributed by atoms with Crippen molar-refractivity contribution in [3.63, 3.8) is 0 Å². The minimum Gasteiger partial charge on any atom is -0.496 e. The van der Waals surface area contributed by atoms with Crippen LogP contribution in [0.4, 0.5) is 0 Å². The van der Waals surface area contributed by atoms with Crippen LogP contribution in [0.1, 0.15) is 40.1 Å². The van der Waals surface area contributed by atoms with Crippen LogP contribution in [0.25, 0.3) is 0 Å². The molecule has 3 nitrogen and oxygen atoms in total. The zero-order chi connectivity index (χ0) is 18.1. The van der Waals surface area contributed by atoms with E-state index in [0.717, 1.165) is 0 Å².